The Morgan fingerprint density at radius 1 is 0.828 bits per heavy atom. The number of hydrogen-bond donors (Lipinski definition) is 1. The zero-order chi connectivity index (χ0) is 21.4. The molecule has 152 valence electrons. The van der Waals surface area contributed by atoms with Crippen LogP contribution in [0.3, 0.4) is 0 Å². The van der Waals surface area contributed by atoms with Crippen molar-refractivity contribution < 1.29 is 9.90 Å². The van der Waals surface area contributed by atoms with E-state index < -0.39 is 0 Å². The van der Waals surface area contributed by atoms with Crippen LogP contribution in [0.5, 0.6) is 5.75 Å². The molecule has 0 spiro atoms. The van der Waals surface area contributed by atoms with Crippen LogP contribution in [-0.2, 0) is 10.8 Å². The van der Waals surface area contributed by atoms with E-state index >= 15 is 0 Å². The van der Waals surface area contributed by atoms with Crippen LogP contribution in [0.1, 0.15) is 87.0 Å². The first kappa shape index (κ1) is 21.1. The maximum absolute atomic E-state index is 13.3. The van der Waals surface area contributed by atoms with Gasteiger partial charge >= 0.3 is 0 Å². The molecule has 1 aliphatic rings. The number of hydrogen-bond acceptors (Lipinski definition) is 2. The molecule has 0 saturated heterocycles. The average molecular weight is 389 g/mol. The van der Waals surface area contributed by atoms with Gasteiger partial charge in [-0.05, 0) is 46.9 Å². The van der Waals surface area contributed by atoms with E-state index in [1.54, 1.807) is 0 Å². The number of phenolic OH excluding ortho intramolecular Hbond substituents is 1. The van der Waals surface area contributed by atoms with E-state index in [1.807, 2.05) is 36.4 Å². The Hall–Kier alpha value is -2.61. The molecule has 0 amide bonds. The molecule has 0 bridgehead atoms. The molecule has 0 saturated carbocycles. The van der Waals surface area contributed by atoms with Crippen molar-refractivity contribution in [1.29, 1.82) is 0 Å². The zero-order valence-corrected chi connectivity index (χ0v) is 18.5. The van der Waals surface area contributed by atoms with E-state index in [4.69, 9.17) is 0 Å². The first-order chi connectivity index (χ1) is 13.5. The van der Waals surface area contributed by atoms with E-state index in [1.165, 1.54) is 5.57 Å². The van der Waals surface area contributed by atoms with Gasteiger partial charge in [0.1, 0.15) is 5.75 Å². The molecule has 1 aliphatic carbocycles. The molecule has 0 unspecified atom stereocenters. The lowest BCUT2D eigenvalue weighted by molar-refractivity contribution is 0.103. The van der Waals surface area contributed by atoms with E-state index in [-0.39, 0.29) is 16.6 Å². The highest BCUT2D eigenvalue weighted by Gasteiger charge is 2.28. The summed E-state index contributed by atoms with van der Waals surface area (Å²) < 4.78 is 0. The minimum Gasteiger partial charge on any atom is -0.507 e. The summed E-state index contributed by atoms with van der Waals surface area (Å²) in [5.74, 6) is 0.286. The standard InChI is InChI=1S/C27H32O2/c1-26(2,3)22-16-21(17-23(25(22)29)27(4,5)6)24(28)20-14-12-19(13-15-20)18-10-8-7-9-11-18/h8,10-17,29H,7,9H2,1-6H3. The molecule has 2 nitrogen and oxygen atoms in total. The van der Waals surface area contributed by atoms with E-state index in [9.17, 15) is 9.90 Å². The summed E-state index contributed by atoms with van der Waals surface area (Å²) in [5.41, 5.74) is 4.74. The number of allylic oxidation sites excluding steroid dienone is 4. The van der Waals surface area contributed by atoms with Gasteiger partial charge in [0, 0.05) is 22.3 Å². The number of rotatable bonds is 3. The number of phenols is 1. The Kier molecular flexibility index (Phi) is 5.58. The highest BCUT2D eigenvalue weighted by Crippen LogP contribution is 2.40. The molecular weight excluding hydrogens is 356 g/mol. The van der Waals surface area contributed by atoms with Crippen molar-refractivity contribution in [3.8, 4) is 5.75 Å². The molecule has 0 radical (unpaired) electrons. The smallest absolute Gasteiger partial charge is 0.193 e. The Balaban J connectivity index is 2.02. The highest BCUT2D eigenvalue weighted by atomic mass is 16.3. The maximum Gasteiger partial charge on any atom is 0.193 e. The normalized spacial score (nSPS) is 14.6. The summed E-state index contributed by atoms with van der Waals surface area (Å²) in [7, 11) is 0. The van der Waals surface area contributed by atoms with Crippen LogP contribution >= 0.6 is 0 Å². The topological polar surface area (TPSA) is 37.3 Å². The summed E-state index contributed by atoms with van der Waals surface area (Å²) in [6, 6.07) is 11.6. The third-order valence-electron chi connectivity index (χ3n) is 5.46. The van der Waals surface area contributed by atoms with Gasteiger partial charge in [0.05, 0.1) is 0 Å². The van der Waals surface area contributed by atoms with Crippen LogP contribution in [0.2, 0.25) is 0 Å². The Morgan fingerprint density at radius 2 is 1.38 bits per heavy atom. The van der Waals surface area contributed by atoms with Gasteiger partial charge in [0.25, 0.3) is 0 Å². The molecule has 29 heavy (non-hydrogen) atoms. The van der Waals surface area contributed by atoms with Crippen molar-refractivity contribution in [1.82, 2.24) is 0 Å². The van der Waals surface area contributed by atoms with Crippen molar-refractivity contribution in [2.45, 2.75) is 65.2 Å². The van der Waals surface area contributed by atoms with E-state index in [2.05, 4.69) is 59.8 Å². The van der Waals surface area contributed by atoms with E-state index in [0.29, 0.717) is 16.9 Å². The van der Waals surface area contributed by atoms with Gasteiger partial charge in [-0.1, -0.05) is 84.0 Å². The quantitative estimate of drug-likeness (QED) is 0.578. The lowest BCUT2D eigenvalue weighted by atomic mass is 9.77. The third kappa shape index (κ3) is 4.53. The van der Waals surface area contributed by atoms with Crippen molar-refractivity contribution in [2.24, 2.45) is 0 Å². The van der Waals surface area contributed by atoms with Crippen molar-refractivity contribution in [3.63, 3.8) is 0 Å². The largest absolute Gasteiger partial charge is 0.507 e. The van der Waals surface area contributed by atoms with Crippen molar-refractivity contribution in [3.05, 3.63) is 82.4 Å². The van der Waals surface area contributed by atoms with Gasteiger partial charge in [0.15, 0.2) is 5.78 Å². The number of carbonyl (C=O) groups excluding carboxylic acids is 1. The molecule has 0 heterocycles. The number of carbonyl (C=O) groups is 1. The van der Waals surface area contributed by atoms with Gasteiger partial charge in [-0.15, -0.1) is 0 Å². The van der Waals surface area contributed by atoms with Crippen LogP contribution in [0.25, 0.3) is 5.57 Å². The summed E-state index contributed by atoms with van der Waals surface area (Å²) in [4.78, 5) is 13.3. The number of aromatic hydroxyl groups is 1. The fourth-order valence-electron chi connectivity index (χ4n) is 3.72. The fraction of sp³-hybridized carbons (Fsp3) is 0.370. The molecule has 0 atom stereocenters. The van der Waals surface area contributed by atoms with Crippen LogP contribution in [0, 0.1) is 0 Å². The van der Waals surface area contributed by atoms with Crippen molar-refractivity contribution in [2.75, 3.05) is 0 Å². The first-order valence-corrected chi connectivity index (χ1v) is 10.4. The lowest BCUT2D eigenvalue weighted by Gasteiger charge is -2.28. The van der Waals surface area contributed by atoms with Gasteiger partial charge in [-0.3, -0.25) is 4.79 Å². The Morgan fingerprint density at radius 3 is 1.83 bits per heavy atom. The summed E-state index contributed by atoms with van der Waals surface area (Å²) in [6.07, 6.45) is 8.72. The molecule has 2 aromatic carbocycles. The molecule has 3 rings (SSSR count). The SMILES string of the molecule is CC(C)(C)c1cc(C(=O)c2ccc(C3=CCCC=C3)cc2)cc(C(C)(C)C)c1O. The fourth-order valence-corrected chi connectivity index (χ4v) is 3.72. The van der Waals surface area contributed by atoms with Gasteiger partial charge in [0.2, 0.25) is 0 Å². The maximum atomic E-state index is 13.3. The summed E-state index contributed by atoms with van der Waals surface area (Å²) in [6.45, 7) is 12.4. The molecule has 0 fully saturated rings. The van der Waals surface area contributed by atoms with Gasteiger partial charge in [-0.2, -0.15) is 0 Å². The van der Waals surface area contributed by atoms with Crippen LogP contribution in [0.15, 0.2) is 54.6 Å². The molecular formula is C27H32O2. The Labute approximate surface area is 175 Å². The highest BCUT2D eigenvalue weighted by molar-refractivity contribution is 6.09. The molecule has 2 aromatic rings. The molecule has 2 heteroatoms. The zero-order valence-electron chi connectivity index (χ0n) is 18.5. The minimum atomic E-state index is -0.260. The van der Waals surface area contributed by atoms with E-state index in [0.717, 1.165) is 29.5 Å². The predicted molar refractivity (Wildman–Crippen MR) is 122 cm³/mol. The number of benzene rings is 2. The lowest BCUT2D eigenvalue weighted by Crippen LogP contribution is -2.19. The van der Waals surface area contributed by atoms with Crippen LogP contribution < -0.4 is 0 Å². The predicted octanol–water partition coefficient (Wildman–Crippen LogP) is 6.95. The second kappa shape index (κ2) is 7.67. The Bertz CT molecular complexity index is 940. The second-order valence-corrected chi connectivity index (χ2v) is 9.97. The molecule has 1 N–H and O–H groups in total. The average Bonchev–Trinajstić information content (AvgIpc) is 2.66. The third-order valence-corrected chi connectivity index (χ3v) is 5.46. The van der Waals surface area contributed by atoms with Crippen LogP contribution in [-0.4, -0.2) is 10.9 Å². The summed E-state index contributed by atoms with van der Waals surface area (Å²) in [5, 5.41) is 10.9. The second-order valence-electron chi connectivity index (χ2n) is 9.97. The number of ketones is 1. The molecule has 0 aromatic heterocycles. The van der Waals surface area contributed by atoms with Crippen LogP contribution in [0.4, 0.5) is 0 Å². The van der Waals surface area contributed by atoms with Gasteiger partial charge in [-0.25, -0.2) is 0 Å². The monoisotopic (exact) mass is 388 g/mol. The van der Waals surface area contributed by atoms with Gasteiger partial charge < -0.3 is 5.11 Å². The minimum absolute atomic E-state index is 0.0132. The first-order valence-electron chi connectivity index (χ1n) is 10.4. The summed E-state index contributed by atoms with van der Waals surface area (Å²) >= 11 is 0. The van der Waals surface area contributed by atoms with Crippen molar-refractivity contribution >= 4 is 11.4 Å². The molecule has 0 aliphatic heterocycles.